The molecule has 8 nitrogen and oxygen atoms in total. The second-order valence-corrected chi connectivity index (χ2v) is 7.68. The standard InChI is InChI=1S/C23H23ClN4O4/c1-4-15-21(13-9-10-18(31-2)19(11-13)32-3)22-26-23(30)17(28(22)27-15)12-20(29)25-16-8-6-5-7-14(16)24/h5-11,17H,4,12H2,1-3H3,(H,25,29)(H,26,30). The van der Waals surface area contributed by atoms with E-state index in [4.69, 9.17) is 21.1 Å². The number of fused-ring (bicyclic) bond motifs is 1. The lowest BCUT2D eigenvalue weighted by Crippen LogP contribution is -2.24. The highest BCUT2D eigenvalue weighted by molar-refractivity contribution is 6.33. The lowest BCUT2D eigenvalue weighted by Gasteiger charge is -2.11. The fraction of sp³-hybridized carbons (Fsp3) is 0.261. The zero-order chi connectivity index (χ0) is 22.8. The van der Waals surface area contributed by atoms with Crippen molar-refractivity contribution >= 4 is 34.9 Å². The lowest BCUT2D eigenvalue weighted by atomic mass is 10.0. The molecule has 0 bridgehead atoms. The number of halogens is 1. The van der Waals surface area contributed by atoms with Crippen molar-refractivity contribution in [3.05, 3.63) is 53.2 Å². The highest BCUT2D eigenvalue weighted by atomic mass is 35.5. The smallest absolute Gasteiger partial charge is 0.251 e. The highest BCUT2D eigenvalue weighted by Crippen LogP contribution is 2.41. The molecule has 0 saturated carbocycles. The van der Waals surface area contributed by atoms with Crippen LogP contribution in [0.1, 0.15) is 25.1 Å². The van der Waals surface area contributed by atoms with Crippen LogP contribution in [0.3, 0.4) is 0 Å². The van der Waals surface area contributed by atoms with Crippen molar-refractivity contribution in [1.82, 2.24) is 9.78 Å². The molecule has 0 aliphatic carbocycles. The van der Waals surface area contributed by atoms with Gasteiger partial charge in [0.15, 0.2) is 11.5 Å². The molecule has 0 saturated heterocycles. The monoisotopic (exact) mass is 454 g/mol. The van der Waals surface area contributed by atoms with Crippen LogP contribution in [0.25, 0.3) is 11.1 Å². The SMILES string of the molecule is CCc1nn2c(c1-c1ccc(OC)c(OC)c1)NC(=O)C2CC(=O)Nc1ccccc1Cl. The number of carbonyl (C=O) groups is 2. The quantitative estimate of drug-likeness (QED) is 0.555. The molecule has 3 aromatic rings. The summed E-state index contributed by atoms with van der Waals surface area (Å²) >= 11 is 6.12. The van der Waals surface area contributed by atoms with E-state index in [1.165, 1.54) is 0 Å². The van der Waals surface area contributed by atoms with Gasteiger partial charge >= 0.3 is 0 Å². The number of ether oxygens (including phenoxy) is 2. The predicted molar refractivity (Wildman–Crippen MR) is 123 cm³/mol. The molecule has 1 atom stereocenters. The van der Waals surface area contributed by atoms with E-state index in [-0.39, 0.29) is 18.2 Å². The van der Waals surface area contributed by atoms with Gasteiger partial charge in [-0.25, -0.2) is 4.68 Å². The number of aromatic nitrogens is 2. The van der Waals surface area contributed by atoms with Crippen LogP contribution in [0, 0.1) is 0 Å². The molecule has 2 amide bonds. The molecule has 166 valence electrons. The van der Waals surface area contributed by atoms with Gasteiger partial charge in [0.25, 0.3) is 5.91 Å². The summed E-state index contributed by atoms with van der Waals surface area (Å²) < 4.78 is 12.3. The molecule has 1 aliphatic rings. The Morgan fingerprint density at radius 2 is 1.94 bits per heavy atom. The minimum Gasteiger partial charge on any atom is -0.493 e. The molecule has 1 aliphatic heterocycles. The van der Waals surface area contributed by atoms with Gasteiger partial charge in [0.2, 0.25) is 5.91 Å². The number of hydrogen-bond donors (Lipinski definition) is 2. The number of anilines is 2. The fourth-order valence-electron chi connectivity index (χ4n) is 3.80. The van der Waals surface area contributed by atoms with Crippen molar-refractivity contribution in [3.8, 4) is 22.6 Å². The Kier molecular flexibility index (Phi) is 6.05. The average molecular weight is 455 g/mol. The number of benzene rings is 2. The molecule has 1 unspecified atom stereocenters. The summed E-state index contributed by atoms with van der Waals surface area (Å²) in [6, 6.07) is 11.7. The number of aryl methyl sites for hydroxylation is 1. The number of nitrogens with zero attached hydrogens (tertiary/aromatic N) is 2. The Balaban J connectivity index is 1.65. The van der Waals surface area contributed by atoms with Gasteiger partial charge in [-0.3, -0.25) is 9.59 Å². The number of para-hydroxylation sites is 1. The summed E-state index contributed by atoms with van der Waals surface area (Å²) in [6.07, 6.45) is 0.582. The number of methoxy groups -OCH3 is 2. The fourth-order valence-corrected chi connectivity index (χ4v) is 3.98. The molecule has 0 fully saturated rings. The van der Waals surface area contributed by atoms with E-state index in [1.807, 2.05) is 25.1 Å². The number of nitrogens with one attached hydrogen (secondary N) is 2. The first-order valence-corrected chi connectivity index (χ1v) is 10.5. The van der Waals surface area contributed by atoms with Gasteiger partial charge in [-0.1, -0.05) is 36.7 Å². The maximum Gasteiger partial charge on any atom is 0.251 e. The maximum atomic E-state index is 12.7. The lowest BCUT2D eigenvalue weighted by molar-refractivity contribution is -0.123. The van der Waals surface area contributed by atoms with E-state index in [1.54, 1.807) is 43.2 Å². The molecular weight excluding hydrogens is 432 g/mol. The normalized spacial score (nSPS) is 14.6. The third kappa shape index (κ3) is 3.89. The molecule has 32 heavy (non-hydrogen) atoms. The van der Waals surface area contributed by atoms with Crippen molar-refractivity contribution in [2.75, 3.05) is 24.9 Å². The van der Waals surface area contributed by atoms with E-state index in [2.05, 4.69) is 15.7 Å². The van der Waals surface area contributed by atoms with Gasteiger partial charge in [0.05, 0.1) is 37.0 Å². The van der Waals surface area contributed by atoms with Crippen LogP contribution in [0.2, 0.25) is 5.02 Å². The predicted octanol–water partition coefficient (Wildman–Crippen LogP) is 4.31. The zero-order valence-corrected chi connectivity index (χ0v) is 18.7. The van der Waals surface area contributed by atoms with Crippen LogP contribution in [-0.4, -0.2) is 35.8 Å². The summed E-state index contributed by atoms with van der Waals surface area (Å²) in [4.78, 5) is 25.4. The van der Waals surface area contributed by atoms with E-state index < -0.39 is 6.04 Å². The van der Waals surface area contributed by atoms with Crippen LogP contribution < -0.4 is 20.1 Å². The van der Waals surface area contributed by atoms with Crippen LogP contribution in [0.15, 0.2) is 42.5 Å². The van der Waals surface area contributed by atoms with Crippen molar-refractivity contribution in [2.45, 2.75) is 25.8 Å². The first kappa shape index (κ1) is 21.7. The van der Waals surface area contributed by atoms with Crippen LogP contribution in [0.4, 0.5) is 11.5 Å². The Labute approximate surface area is 190 Å². The topological polar surface area (TPSA) is 94.5 Å². The minimum absolute atomic E-state index is 0.0692. The Bertz CT molecular complexity index is 1190. The van der Waals surface area contributed by atoms with Crippen LogP contribution >= 0.6 is 11.6 Å². The molecular formula is C23H23ClN4O4. The molecule has 0 spiro atoms. The Hall–Kier alpha value is -3.52. The maximum absolute atomic E-state index is 12.7. The number of rotatable bonds is 7. The number of hydrogen-bond acceptors (Lipinski definition) is 5. The second kappa shape index (κ2) is 8.92. The van der Waals surface area contributed by atoms with Gasteiger partial charge in [-0.05, 0) is 36.2 Å². The molecule has 1 aromatic heterocycles. The third-order valence-corrected chi connectivity index (χ3v) is 5.69. The van der Waals surface area contributed by atoms with E-state index in [0.717, 1.165) is 16.8 Å². The molecule has 2 heterocycles. The second-order valence-electron chi connectivity index (χ2n) is 7.28. The Morgan fingerprint density at radius 1 is 1.19 bits per heavy atom. The van der Waals surface area contributed by atoms with Gasteiger partial charge in [-0.2, -0.15) is 5.10 Å². The van der Waals surface area contributed by atoms with Crippen LogP contribution in [0.5, 0.6) is 11.5 Å². The van der Waals surface area contributed by atoms with Gasteiger partial charge in [0, 0.05) is 5.56 Å². The van der Waals surface area contributed by atoms with Crippen LogP contribution in [-0.2, 0) is 16.0 Å². The minimum atomic E-state index is -0.758. The highest BCUT2D eigenvalue weighted by Gasteiger charge is 2.37. The molecule has 2 N–H and O–H groups in total. The first-order chi connectivity index (χ1) is 15.5. The zero-order valence-electron chi connectivity index (χ0n) is 17.9. The first-order valence-electron chi connectivity index (χ1n) is 10.2. The summed E-state index contributed by atoms with van der Waals surface area (Å²) in [6.45, 7) is 1.99. The molecule has 9 heteroatoms. The number of amides is 2. The largest absolute Gasteiger partial charge is 0.493 e. The Morgan fingerprint density at radius 3 is 2.62 bits per heavy atom. The summed E-state index contributed by atoms with van der Waals surface area (Å²) in [5.74, 6) is 1.14. The average Bonchev–Trinajstić information content (AvgIpc) is 3.29. The van der Waals surface area contributed by atoms with E-state index in [9.17, 15) is 9.59 Å². The van der Waals surface area contributed by atoms with Gasteiger partial charge in [0.1, 0.15) is 11.9 Å². The van der Waals surface area contributed by atoms with Crippen molar-refractivity contribution in [2.24, 2.45) is 0 Å². The molecule has 4 rings (SSSR count). The third-order valence-electron chi connectivity index (χ3n) is 5.36. The summed E-state index contributed by atoms with van der Waals surface area (Å²) in [7, 11) is 3.14. The van der Waals surface area contributed by atoms with Crippen molar-refractivity contribution in [1.29, 1.82) is 0 Å². The molecule has 2 aromatic carbocycles. The van der Waals surface area contributed by atoms with Gasteiger partial charge < -0.3 is 20.1 Å². The van der Waals surface area contributed by atoms with E-state index in [0.29, 0.717) is 34.4 Å². The van der Waals surface area contributed by atoms with Gasteiger partial charge in [-0.15, -0.1) is 0 Å². The van der Waals surface area contributed by atoms with E-state index >= 15 is 0 Å². The summed E-state index contributed by atoms with van der Waals surface area (Å²) in [5.41, 5.74) is 2.94. The summed E-state index contributed by atoms with van der Waals surface area (Å²) in [5, 5.41) is 10.7. The van der Waals surface area contributed by atoms with Crippen molar-refractivity contribution in [3.63, 3.8) is 0 Å². The number of carbonyl (C=O) groups excluding carboxylic acids is 2. The van der Waals surface area contributed by atoms with Crippen molar-refractivity contribution < 1.29 is 19.1 Å². The molecule has 0 radical (unpaired) electrons.